The molecule has 2 aromatic carbocycles. The van der Waals surface area contributed by atoms with Crippen molar-refractivity contribution >= 4 is 42.4 Å². The molecule has 0 spiro atoms. The lowest BCUT2D eigenvalue weighted by Crippen LogP contribution is -2.33. The van der Waals surface area contributed by atoms with E-state index in [0.29, 0.717) is 11.7 Å². The molecule has 2 heterocycles. The topological polar surface area (TPSA) is 85.2 Å². The summed E-state index contributed by atoms with van der Waals surface area (Å²) in [6, 6.07) is 12.7. The number of hydrogen-bond acceptors (Lipinski definition) is 6. The number of carbonyl (C=O) groups excluding carboxylic acids is 1. The summed E-state index contributed by atoms with van der Waals surface area (Å²) in [7, 11) is -3.27. The summed E-state index contributed by atoms with van der Waals surface area (Å²) in [5, 5.41) is 0.682. The molecule has 4 aromatic rings. The maximum absolute atomic E-state index is 13.3. The highest BCUT2D eigenvalue weighted by Gasteiger charge is 2.20. The van der Waals surface area contributed by atoms with Gasteiger partial charge in [-0.2, -0.15) is 0 Å². The van der Waals surface area contributed by atoms with Crippen molar-refractivity contribution in [3.8, 4) is 0 Å². The largest absolute Gasteiger partial charge is 0.337 e. The summed E-state index contributed by atoms with van der Waals surface area (Å²) in [6.45, 7) is 3.39. The first-order valence-corrected chi connectivity index (χ1v) is 13.5. The molecule has 0 aliphatic heterocycles. The minimum absolute atomic E-state index is 0.0671. The normalized spacial score (nSPS) is 11.7. The van der Waals surface area contributed by atoms with Crippen LogP contribution in [-0.4, -0.2) is 41.7 Å². The van der Waals surface area contributed by atoms with Gasteiger partial charge in [-0.3, -0.25) is 9.69 Å². The molecule has 0 unspecified atom stereocenters. The third kappa shape index (κ3) is 5.66. The first-order valence-electron chi connectivity index (χ1n) is 10.8. The van der Waals surface area contributed by atoms with Crippen LogP contribution in [0.25, 0.3) is 10.2 Å². The number of hydrogen-bond donors (Lipinski definition) is 0. The highest BCUT2D eigenvalue weighted by Crippen LogP contribution is 2.30. The van der Waals surface area contributed by atoms with Crippen LogP contribution in [0.3, 0.4) is 0 Å². The highest BCUT2D eigenvalue weighted by atomic mass is 32.2. The number of fused-ring (bicyclic) bond motifs is 1. The lowest BCUT2D eigenvalue weighted by Gasteiger charge is -2.20. The van der Waals surface area contributed by atoms with E-state index in [1.807, 2.05) is 16.8 Å². The van der Waals surface area contributed by atoms with E-state index >= 15 is 0 Å². The Kier molecular flexibility index (Phi) is 6.90. The number of thiazole rings is 1. The minimum atomic E-state index is -3.27. The van der Waals surface area contributed by atoms with Gasteiger partial charge in [-0.25, -0.2) is 18.4 Å². The standard InChI is InChI=1S/C24H26N4O3S2/c1-3-18-7-10-21-22(15-18)32-24(26-21)28(13-4-12-27-14-11-25-17-27)23(29)16-19-5-8-20(9-6-19)33(2,30)31/h5-11,14-15,17H,3-4,12-13,16H2,1-2H3. The fourth-order valence-electron chi connectivity index (χ4n) is 3.57. The molecule has 9 heteroatoms. The number of rotatable bonds is 9. The van der Waals surface area contributed by atoms with Crippen molar-refractivity contribution in [2.75, 3.05) is 17.7 Å². The Morgan fingerprint density at radius 2 is 1.88 bits per heavy atom. The molecule has 33 heavy (non-hydrogen) atoms. The molecule has 0 fully saturated rings. The Morgan fingerprint density at radius 1 is 1.12 bits per heavy atom. The number of sulfone groups is 1. The second-order valence-corrected chi connectivity index (χ2v) is 11.0. The molecule has 0 radical (unpaired) electrons. The molecule has 0 aliphatic rings. The predicted molar refractivity (Wildman–Crippen MR) is 131 cm³/mol. The van der Waals surface area contributed by atoms with E-state index in [4.69, 9.17) is 4.98 Å². The molecule has 0 N–H and O–H groups in total. The first-order chi connectivity index (χ1) is 15.8. The Bertz CT molecular complexity index is 1340. The first kappa shape index (κ1) is 23.1. The van der Waals surface area contributed by atoms with E-state index in [1.165, 1.54) is 23.2 Å². The Hall–Kier alpha value is -3.04. The molecule has 0 saturated heterocycles. The van der Waals surface area contributed by atoms with Gasteiger partial charge in [-0.15, -0.1) is 0 Å². The van der Waals surface area contributed by atoms with Gasteiger partial charge in [-0.05, 0) is 48.2 Å². The zero-order chi connectivity index (χ0) is 23.4. The van der Waals surface area contributed by atoms with E-state index in [-0.39, 0.29) is 17.2 Å². The number of imidazole rings is 1. The summed E-state index contributed by atoms with van der Waals surface area (Å²) >= 11 is 1.52. The van der Waals surface area contributed by atoms with Crippen molar-refractivity contribution in [1.29, 1.82) is 0 Å². The molecular formula is C24H26N4O3S2. The van der Waals surface area contributed by atoms with Crippen LogP contribution in [0.5, 0.6) is 0 Å². The van der Waals surface area contributed by atoms with Gasteiger partial charge in [0, 0.05) is 31.7 Å². The predicted octanol–water partition coefficient (Wildman–Crippen LogP) is 4.12. The third-order valence-corrected chi connectivity index (χ3v) is 7.62. The van der Waals surface area contributed by atoms with Gasteiger partial charge in [0.2, 0.25) is 5.91 Å². The monoisotopic (exact) mass is 482 g/mol. The van der Waals surface area contributed by atoms with E-state index in [9.17, 15) is 13.2 Å². The number of aromatic nitrogens is 3. The summed E-state index contributed by atoms with van der Waals surface area (Å²) in [6.07, 6.45) is 8.45. The van der Waals surface area contributed by atoms with Crippen LogP contribution in [-0.2, 0) is 34.0 Å². The van der Waals surface area contributed by atoms with Crippen LogP contribution >= 0.6 is 11.3 Å². The lowest BCUT2D eigenvalue weighted by atomic mass is 10.1. The SMILES string of the molecule is CCc1ccc2nc(N(CCCn3ccnc3)C(=O)Cc3ccc(S(C)(=O)=O)cc3)sc2c1. The number of aryl methyl sites for hydroxylation is 2. The molecule has 4 rings (SSSR count). The van der Waals surface area contributed by atoms with Gasteiger partial charge in [-0.1, -0.05) is 36.5 Å². The average Bonchev–Trinajstić information content (AvgIpc) is 3.45. The van der Waals surface area contributed by atoms with Crippen molar-refractivity contribution in [1.82, 2.24) is 14.5 Å². The average molecular weight is 483 g/mol. The highest BCUT2D eigenvalue weighted by molar-refractivity contribution is 7.90. The van der Waals surface area contributed by atoms with Gasteiger partial charge < -0.3 is 4.57 Å². The van der Waals surface area contributed by atoms with Gasteiger partial charge in [0.1, 0.15) is 0 Å². The summed E-state index contributed by atoms with van der Waals surface area (Å²) in [5.74, 6) is -0.0671. The molecule has 0 bridgehead atoms. The van der Waals surface area contributed by atoms with Crippen LogP contribution in [0.4, 0.5) is 5.13 Å². The second-order valence-electron chi connectivity index (χ2n) is 7.94. The number of anilines is 1. The molecule has 0 saturated carbocycles. The number of amides is 1. The van der Waals surface area contributed by atoms with E-state index in [0.717, 1.165) is 35.2 Å². The van der Waals surface area contributed by atoms with Crippen LogP contribution in [0.1, 0.15) is 24.5 Å². The Labute approximate surface area is 197 Å². The van der Waals surface area contributed by atoms with Crippen molar-refractivity contribution in [3.05, 3.63) is 72.3 Å². The van der Waals surface area contributed by atoms with Crippen molar-refractivity contribution in [2.45, 2.75) is 37.6 Å². The van der Waals surface area contributed by atoms with Gasteiger partial charge >= 0.3 is 0 Å². The fourth-order valence-corrected chi connectivity index (χ4v) is 5.28. The molecule has 2 aromatic heterocycles. The lowest BCUT2D eigenvalue weighted by molar-refractivity contribution is -0.118. The summed E-state index contributed by atoms with van der Waals surface area (Å²) < 4.78 is 26.5. The molecular weight excluding hydrogens is 456 g/mol. The van der Waals surface area contributed by atoms with Crippen molar-refractivity contribution in [3.63, 3.8) is 0 Å². The number of carbonyl (C=O) groups is 1. The van der Waals surface area contributed by atoms with E-state index in [1.54, 1.807) is 41.7 Å². The maximum atomic E-state index is 13.3. The third-order valence-electron chi connectivity index (χ3n) is 5.45. The second kappa shape index (κ2) is 9.84. The van der Waals surface area contributed by atoms with Crippen LogP contribution in [0.15, 0.2) is 66.1 Å². The number of benzene rings is 2. The summed E-state index contributed by atoms with van der Waals surface area (Å²) in [5.41, 5.74) is 2.89. The van der Waals surface area contributed by atoms with Gasteiger partial charge in [0.15, 0.2) is 15.0 Å². The van der Waals surface area contributed by atoms with Crippen molar-refractivity contribution < 1.29 is 13.2 Å². The summed E-state index contributed by atoms with van der Waals surface area (Å²) in [4.78, 5) is 24.1. The van der Waals surface area contributed by atoms with E-state index < -0.39 is 9.84 Å². The number of nitrogens with zero attached hydrogens (tertiary/aromatic N) is 4. The minimum Gasteiger partial charge on any atom is -0.337 e. The fraction of sp³-hybridized carbons (Fsp3) is 0.292. The van der Waals surface area contributed by atoms with Crippen molar-refractivity contribution in [2.24, 2.45) is 0 Å². The van der Waals surface area contributed by atoms with Gasteiger partial charge in [0.25, 0.3) is 0 Å². The zero-order valence-electron chi connectivity index (χ0n) is 18.6. The Balaban J connectivity index is 1.56. The maximum Gasteiger partial charge on any atom is 0.233 e. The van der Waals surface area contributed by atoms with E-state index in [2.05, 4.69) is 24.0 Å². The molecule has 172 valence electrons. The Morgan fingerprint density at radius 3 is 2.55 bits per heavy atom. The van der Waals surface area contributed by atoms with Gasteiger partial charge in [0.05, 0.1) is 27.9 Å². The van der Waals surface area contributed by atoms with Crippen LogP contribution in [0.2, 0.25) is 0 Å². The molecule has 7 nitrogen and oxygen atoms in total. The smallest absolute Gasteiger partial charge is 0.233 e. The van der Waals surface area contributed by atoms with Crippen LogP contribution < -0.4 is 4.90 Å². The molecule has 0 aliphatic carbocycles. The molecule has 0 atom stereocenters. The zero-order valence-corrected chi connectivity index (χ0v) is 20.3. The molecule has 1 amide bonds. The quantitative estimate of drug-likeness (QED) is 0.358. The van der Waals surface area contributed by atoms with Crippen LogP contribution in [0, 0.1) is 0 Å².